The lowest BCUT2D eigenvalue weighted by atomic mass is 9.90. The molecule has 0 spiro atoms. The molecule has 0 aliphatic carbocycles. The van der Waals surface area contributed by atoms with Crippen molar-refractivity contribution in [3.63, 3.8) is 0 Å². The molecule has 0 bridgehead atoms. The number of hydrogen-bond acceptors (Lipinski definition) is 1. The van der Waals surface area contributed by atoms with Crippen molar-refractivity contribution in [3.05, 3.63) is 35.9 Å². The molecule has 0 amide bonds. The number of unbranched alkanes of at least 4 members (excludes halogenated alkanes) is 1. The van der Waals surface area contributed by atoms with E-state index in [0.717, 1.165) is 13.1 Å². The van der Waals surface area contributed by atoms with Crippen LogP contribution < -0.4 is 5.32 Å². The first kappa shape index (κ1) is 14.2. The van der Waals surface area contributed by atoms with Gasteiger partial charge in [0.25, 0.3) is 0 Å². The van der Waals surface area contributed by atoms with Gasteiger partial charge in [0.2, 0.25) is 0 Å². The topological polar surface area (TPSA) is 12.0 Å². The van der Waals surface area contributed by atoms with E-state index in [1.165, 1.54) is 31.2 Å². The molecule has 1 aromatic rings. The van der Waals surface area contributed by atoms with E-state index in [4.69, 9.17) is 0 Å². The first-order valence-corrected chi connectivity index (χ1v) is 6.89. The van der Waals surface area contributed by atoms with Gasteiger partial charge in [-0.25, -0.2) is 0 Å². The van der Waals surface area contributed by atoms with Gasteiger partial charge in [0, 0.05) is 6.54 Å². The Balaban J connectivity index is 2.02. The van der Waals surface area contributed by atoms with Crippen LogP contribution in [0.5, 0.6) is 0 Å². The van der Waals surface area contributed by atoms with Gasteiger partial charge in [-0.1, -0.05) is 51.1 Å². The van der Waals surface area contributed by atoms with E-state index in [2.05, 4.69) is 56.4 Å². The second-order valence-corrected chi connectivity index (χ2v) is 5.64. The summed E-state index contributed by atoms with van der Waals surface area (Å²) in [6, 6.07) is 10.8. The third-order valence-corrected chi connectivity index (χ3v) is 3.47. The third-order valence-electron chi connectivity index (χ3n) is 3.47. The van der Waals surface area contributed by atoms with Crippen LogP contribution in [-0.2, 0) is 6.42 Å². The molecule has 0 unspecified atom stereocenters. The highest BCUT2D eigenvalue weighted by Crippen LogP contribution is 2.17. The van der Waals surface area contributed by atoms with Crippen LogP contribution in [0.1, 0.15) is 45.6 Å². The second kappa shape index (κ2) is 7.50. The van der Waals surface area contributed by atoms with Crippen LogP contribution in [0.2, 0.25) is 0 Å². The van der Waals surface area contributed by atoms with Crippen LogP contribution in [0, 0.1) is 5.41 Å². The summed E-state index contributed by atoms with van der Waals surface area (Å²) in [5.74, 6) is 0. The van der Waals surface area contributed by atoms with Gasteiger partial charge in [0.05, 0.1) is 0 Å². The van der Waals surface area contributed by atoms with Gasteiger partial charge in [-0.05, 0) is 43.2 Å². The third kappa shape index (κ3) is 6.48. The zero-order valence-electron chi connectivity index (χ0n) is 11.6. The monoisotopic (exact) mass is 233 g/mol. The van der Waals surface area contributed by atoms with E-state index in [1.54, 1.807) is 0 Å². The number of hydrogen-bond donors (Lipinski definition) is 1. The average Bonchev–Trinajstić information content (AvgIpc) is 2.35. The predicted octanol–water partition coefficient (Wildman–Crippen LogP) is 4.04. The normalized spacial score (nSPS) is 11.7. The molecule has 0 aromatic heterocycles. The highest BCUT2D eigenvalue weighted by Gasteiger charge is 2.13. The van der Waals surface area contributed by atoms with E-state index in [0.29, 0.717) is 5.41 Å². The Kier molecular flexibility index (Phi) is 6.28. The molecule has 1 heteroatoms. The largest absolute Gasteiger partial charge is 0.316 e. The van der Waals surface area contributed by atoms with Gasteiger partial charge in [-0.2, -0.15) is 0 Å². The molecule has 0 aliphatic rings. The summed E-state index contributed by atoms with van der Waals surface area (Å²) in [6.07, 6.45) is 5.00. The van der Waals surface area contributed by atoms with E-state index < -0.39 is 0 Å². The van der Waals surface area contributed by atoms with Crippen LogP contribution >= 0.6 is 0 Å². The molecule has 0 saturated carbocycles. The molecule has 1 aromatic carbocycles. The van der Waals surface area contributed by atoms with Gasteiger partial charge in [-0.3, -0.25) is 0 Å². The Morgan fingerprint density at radius 2 is 1.76 bits per heavy atom. The molecule has 0 heterocycles. The Morgan fingerprint density at radius 1 is 1.06 bits per heavy atom. The Labute approximate surface area is 107 Å². The molecule has 0 fully saturated rings. The molecular weight excluding hydrogens is 206 g/mol. The summed E-state index contributed by atoms with van der Waals surface area (Å²) >= 11 is 0. The molecule has 96 valence electrons. The summed E-state index contributed by atoms with van der Waals surface area (Å²) in [6.45, 7) is 9.19. The van der Waals surface area contributed by atoms with Crippen molar-refractivity contribution in [2.75, 3.05) is 13.1 Å². The summed E-state index contributed by atoms with van der Waals surface area (Å²) in [7, 11) is 0. The molecule has 1 N–H and O–H groups in total. The smallest absolute Gasteiger partial charge is 0.000241 e. The van der Waals surface area contributed by atoms with Crippen molar-refractivity contribution in [1.82, 2.24) is 5.32 Å². The minimum atomic E-state index is 0.444. The van der Waals surface area contributed by atoms with Crippen molar-refractivity contribution in [2.45, 2.75) is 46.5 Å². The first-order valence-electron chi connectivity index (χ1n) is 6.89. The van der Waals surface area contributed by atoms with E-state index in [1.807, 2.05) is 0 Å². The van der Waals surface area contributed by atoms with Crippen molar-refractivity contribution < 1.29 is 0 Å². The maximum absolute atomic E-state index is 3.56. The molecule has 0 saturated heterocycles. The molecule has 17 heavy (non-hydrogen) atoms. The van der Waals surface area contributed by atoms with Crippen LogP contribution in [0.15, 0.2) is 30.3 Å². The molecule has 0 atom stereocenters. The lowest BCUT2D eigenvalue weighted by Gasteiger charge is -2.22. The van der Waals surface area contributed by atoms with Gasteiger partial charge in [0.15, 0.2) is 0 Å². The average molecular weight is 233 g/mol. The van der Waals surface area contributed by atoms with Crippen molar-refractivity contribution in [1.29, 1.82) is 0 Å². The second-order valence-electron chi connectivity index (χ2n) is 5.64. The quantitative estimate of drug-likeness (QED) is 0.668. The fraction of sp³-hybridized carbons (Fsp3) is 0.625. The van der Waals surface area contributed by atoms with Crippen LogP contribution in [0.25, 0.3) is 0 Å². The van der Waals surface area contributed by atoms with Crippen molar-refractivity contribution in [3.8, 4) is 0 Å². The Morgan fingerprint density at radius 3 is 2.41 bits per heavy atom. The summed E-state index contributed by atoms with van der Waals surface area (Å²) in [5, 5.41) is 3.56. The Bertz CT molecular complexity index is 290. The summed E-state index contributed by atoms with van der Waals surface area (Å²) in [4.78, 5) is 0. The van der Waals surface area contributed by atoms with Crippen molar-refractivity contribution >= 4 is 0 Å². The molecule has 1 rings (SSSR count). The first-order chi connectivity index (χ1) is 8.14. The summed E-state index contributed by atoms with van der Waals surface area (Å²) in [5.41, 5.74) is 1.90. The number of nitrogens with one attached hydrogen (secondary N) is 1. The predicted molar refractivity (Wildman–Crippen MR) is 76.3 cm³/mol. The zero-order valence-corrected chi connectivity index (χ0v) is 11.6. The molecule has 0 aliphatic heterocycles. The van der Waals surface area contributed by atoms with Gasteiger partial charge >= 0.3 is 0 Å². The zero-order chi connectivity index (χ0) is 12.6. The van der Waals surface area contributed by atoms with Crippen LogP contribution in [-0.4, -0.2) is 13.1 Å². The van der Waals surface area contributed by atoms with E-state index in [9.17, 15) is 0 Å². The van der Waals surface area contributed by atoms with Gasteiger partial charge in [0.1, 0.15) is 0 Å². The number of rotatable bonds is 8. The Hall–Kier alpha value is -0.820. The van der Waals surface area contributed by atoms with Crippen LogP contribution in [0.3, 0.4) is 0 Å². The van der Waals surface area contributed by atoms with Gasteiger partial charge < -0.3 is 5.32 Å². The molecule has 1 nitrogen and oxygen atoms in total. The maximum atomic E-state index is 3.56. The standard InChI is InChI=1S/C16H27N/c1-4-16(2,3)14-17-13-9-8-12-15-10-6-5-7-11-15/h5-7,10-11,17H,4,8-9,12-14H2,1-3H3. The number of aryl methyl sites for hydroxylation is 1. The fourth-order valence-electron chi connectivity index (χ4n) is 1.78. The van der Waals surface area contributed by atoms with Crippen LogP contribution in [0.4, 0.5) is 0 Å². The van der Waals surface area contributed by atoms with Gasteiger partial charge in [-0.15, -0.1) is 0 Å². The fourth-order valence-corrected chi connectivity index (χ4v) is 1.78. The minimum absolute atomic E-state index is 0.444. The van der Waals surface area contributed by atoms with E-state index in [-0.39, 0.29) is 0 Å². The SMILES string of the molecule is CCC(C)(C)CNCCCCc1ccccc1. The highest BCUT2D eigenvalue weighted by molar-refractivity contribution is 5.14. The highest BCUT2D eigenvalue weighted by atomic mass is 14.9. The van der Waals surface area contributed by atoms with E-state index >= 15 is 0 Å². The molecule has 0 radical (unpaired) electrons. The maximum Gasteiger partial charge on any atom is 0.000241 e. The summed E-state index contributed by atoms with van der Waals surface area (Å²) < 4.78 is 0. The minimum Gasteiger partial charge on any atom is -0.316 e. The molecular formula is C16H27N. The lowest BCUT2D eigenvalue weighted by Crippen LogP contribution is -2.29. The number of benzene rings is 1. The lowest BCUT2D eigenvalue weighted by molar-refractivity contribution is 0.327. The van der Waals surface area contributed by atoms with Crippen molar-refractivity contribution in [2.24, 2.45) is 5.41 Å².